The minimum Gasteiger partial charge on any atom is -0.497 e. The van der Waals surface area contributed by atoms with E-state index in [4.69, 9.17) is 9.26 Å². The molecule has 0 radical (unpaired) electrons. The maximum atomic E-state index is 12.7. The van der Waals surface area contributed by atoms with Crippen LogP contribution in [-0.2, 0) is 14.8 Å². The van der Waals surface area contributed by atoms with Crippen molar-refractivity contribution in [3.8, 4) is 5.75 Å². The highest BCUT2D eigenvalue weighted by Gasteiger charge is 2.26. The van der Waals surface area contributed by atoms with Crippen LogP contribution < -0.4 is 10.1 Å². The second kappa shape index (κ2) is 7.95. The molecule has 1 amide bonds. The molecule has 0 saturated carbocycles. The van der Waals surface area contributed by atoms with Gasteiger partial charge in [0.1, 0.15) is 11.5 Å². The van der Waals surface area contributed by atoms with Gasteiger partial charge in [-0.2, -0.15) is 4.31 Å². The van der Waals surface area contributed by atoms with Crippen LogP contribution in [-0.4, -0.2) is 44.0 Å². The second-order valence-electron chi connectivity index (χ2n) is 5.13. The number of hydrogen-bond donors (Lipinski definition) is 1. The molecule has 0 aliphatic rings. The Labute approximate surface area is 146 Å². The van der Waals surface area contributed by atoms with Crippen molar-refractivity contribution < 1.29 is 22.5 Å². The lowest BCUT2D eigenvalue weighted by atomic mass is 10.3. The number of aryl methyl sites for hydroxylation is 1. The number of aromatic nitrogens is 1. The molecule has 9 heteroatoms. The van der Waals surface area contributed by atoms with Gasteiger partial charge in [0.2, 0.25) is 15.9 Å². The smallest absolute Gasteiger partial charge is 0.243 e. The summed E-state index contributed by atoms with van der Waals surface area (Å²) < 4.78 is 36.4. The van der Waals surface area contributed by atoms with Crippen LogP contribution in [0.25, 0.3) is 0 Å². The van der Waals surface area contributed by atoms with Gasteiger partial charge in [0.05, 0.1) is 18.6 Å². The first-order valence-electron chi connectivity index (χ1n) is 7.35. The van der Waals surface area contributed by atoms with E-state index in [2.05, 4.69) is 17.1 Å². The van der Waals surface area contributed by atoms with E-state index < -0.39 is 15.9 Å². The highest BCUT2D eigenvalue weighted by atomic mass is 32.2. The van der Waals surface area contributed by atoms with Gasteiger partial charge >= 0.3 is 0 Å². The van der Waals surface area contributed by atoms with E-state index in [0.717, 1.165) is 4.31 Å². The monoisotopic (exact) mass is 365 g/mol. The molecule has 1 aromatic heterocycles. The van der Waals surface area contributed by atoms with E-state index in [0.29, 0.717) is 11.5 Å². The molecule has 1 heterocycles. The van der Waals surface area contributed by atoms with Gasteiger partial charge in [-0.15, -0.1) is 6.58 Å². The Bertz CT molecular complexity index is 843. The Balaban J connectivity index is 2.16. The van der Waals surface area contributed by atoms with E-state index in [1.54, 1.807) is 6.92 Å². The number of methoxy groups -OCH3 is 1. The quantitative estimate of drug-likeness (QED) is 0.716. The minimum absolute atomic E-state index is 0.0143. The third-order valence-corrected chi connectivity index (χ3v) is 5.07. The molecule has 8 nitrogen and oxygen atoms in total. The second-order valence-corrected chi connectivity index (χ2v) is 7.07. The van der Waals surface area contributed by atoms with Crippen LogP contribution in [0, 0.1) is 6.92 Å². The third-order valence-electron chi connectivity index (χ3n) is 3.25. The molecule has 25 heavy (non-hydrogen) atoms. The molecular weight excluding hydrogens is 346 g/mol. The van der Waals surface area contributed by atoms with Gasteiger partial charge < -0.3 is 14.6 Å². The zero-order valence-corrected chi connectivity index (χ0v) is 14.7. The van der Waals surface area contributed by atoms with Gasteiger partial charge in [0.25, 0.3) is 0 Å². The first-order chi connectivity index (χ1) is 11.9. The summed E-state index contributed by atoms with van der Waals surface area (Å²) >= 11 is 0. The summed E-state index contributed by atoms with van der Waals surface area (Å²) in [7, 11) is -2.38. The molecule has 0 fully saturated rings. The van der Waals surface area contributed by atoms with Gasteiger partial charge in [-0.05, 0) is 31.2 Å². The fourth-order valence-electron chi connectivity index (χ4n) is 2.06. The zero-order chi connectivity index (χ0) is 18.4. The Kier molecular flexibility index (Phi) is 5.94. The number of sulfonamides is 1. The fourth-order valence-corrected chi connectivity index (χ4v) is 3.42. The molecule has 0 saturated heterocycles. The minimum atomic E-state index is -3.87. The average Bonchev–Trinajstić information content (AvgIpc) is 2.99. The molecule has 134 valence electrons. The summed E-state index contributed by atoms with van der Waals surface area (Å²) in [6, 6.07) is 7.45. The Hall–Kier alpha value is -2.65. The summed E-state index contributed by atoms with van der Waals surface area (Å²) in [6.45, 7) is 4.83. The largest absolute Gasteiger partial charge is 0.497 e. The van der Waals surface area contributed by atoms with Crippen molar-refractivity contribution in [1.29, 1.82) is 0 Å². The van der Waals surface area contributed by atoms with E-state index in [-0.39, 0.29) is 23.8 Å². The average molecular weight is 365 g/mol. The Morgan fingerprint density at radius 3 is 2.60 bits per heavy atom. The number of rotatable bonds is 8. The van der Waals surface area contributed by atoms with Crippen molar-refractivity contribution in [2.24, 2.45) is 0 Å². The van der Waals surface area contributed by atoms with E-state index in [9.17, 15) is 13.2 Å². The molecule has 2 aromatic rings. The number of carbonyl (C=O) groups is 1. The van der Waals surface area contributed by atoms with Crippen LogP contribution in [0.2, 0.25) is 0 Å². The van der Waals surface area contributed by atoms with Crippen LogP contribution in [0.15, 0.2) is 52.4 Å². The normalized spacial score (nSPS) is 11.3. The number of nitrogens with one attached hydrogen (secondary N) is 1. The lowest BCUT2D eigenvalue weighted by Crippen LogP contribution is -2.38. The van der Waals surface area contributed by atoms with Gasteiger partial charge in [0, 0.05) is 12.6 Å². The number of hydrogen-bond acceptors (Lipinski definition) is 6. The standard InChI is InChI=1S/C16H19N3O5S/c1-4-9-19(11-16(20)17-15-10-12(2)24-18-15)25(21,22)14-7-5-13(23-3)6-8-14/h4-8,10H,1,9,11H2,2-3H3,(H,17,18,20). The van der Waals surface area contributed by atoms with E-state index in [1.807, 2.05) is 0 Å². The van der Waals surface area contributed by atoms with Crippen LogP contribution in [0.3, 0.4) is 0 Å². The molecule has 1 aromatic carbocycles. The van der Waals surface area contributed by atoms with Crippen molar-refractivity contribution in [3.63, 3.8) is 0 Å². The summed E-state index contributed by atoms with van der Waals surface area (Å²) in [6.07, 6.45) is 1.41. The lowest BCUT2D eigenvalue weighted by Gasteiger charge is -2.20. The van der Waals surface area contributed by atoms with Gasteiger partial charge in [-0.25, -0.2) is 8.42 Å². The van der Waals surface area contributed by atoms with Crippen LogP contribution in [0.5, 0.6) is 5.75 Å². The topological polar surface area (TPSA) is 102 Å². The van der Waals surface area contributed by atoms with Crippen molar-refractivity contribution in [2.75, 3.05) is 25.5 Å². The predicted octanol–water partition coefficient (Wildman–Crippen LogP) is 1.81. The fraction of sp³-hybridized carbons (Fsp3) is 0.250. The maximum absolute atomic E-state index is 12.7. The molecule has 0 aliphatic heterocycles. The lowest BCUT2D eigenvalue weighted by molar-refractivity contribution is -0.116. The SMILES string of the molecule is C=CCN(CC(=O)Nc1cc(C)on1)S(=O)(=O)c1ccc(OC)cc1. The van der Waals surface area contributed by atoms with E-state index >= 15 is 0 Å². The van der Waals surface area contributed by atoms with Crippen LogP contribution in [0.1, 0.15) is 5.76 Å². The zero-order valence-electron chi connectivity index (χ0n) is 13.9. The molecule has 2 rings (SSSR count). The number of ether oxygens (including phenoxy) is 1. The summed E-state index contributed by atoms with van der Waals surface area (Å²) in [5.74, 6) is 0.757. The summed E-state index contributed by atoms with van der Waals surface area (Å²) in [5, 5.41) is 6.13. The molecule has 0 atom stereocenters. The first kappa shape index (κ1) is 18.7. The molecule has 0 unspecified atom stereocenters. The van der Waals surface area contributed by atoms with Crippen LogP contribution >= 0.6 is 0 Å². The highest BCUT2D eigenvalue weighted by molar-refractivity contribution is 7.89. The molecular formula is C16H19N3O5S. The van der Waals surface area contributed by atoms with Gasteiger partial charge in [0.15, 0.2) is 5.82 Å². The number of anilines is 1. The number of nitrogens with zero attached hydrogens (tertiary/aromatic N) is 2. The van der Waals surface area contributed by atoms with Gasteiger partial charge in [-0.1, -0.05) is 11.2 Å². The molecule has 0 aliphatic carbocycles. The van der Waals surface area contributed by atoms with Crippen molar-refractivity contribution in [3.05, 3.63) is 48.7 Å². The maximum Gasteiger partial charge on any atom is 0.243 e. The number of amides is 1. The number of benzene rings is 1. The Morgan fingerprint density at radius 1 is 1.40 bits per heavy atom. The van der Waals surface area contributed by atoms with Crippen LogP contribution in [0.4, 0.5) is 5.82 Å². The molecule has 0 spiro atoms. The van der Waals surface area contributed by atoms with Crippen molar-refractivity contribution in [2.45, 2.75) is 11.8 Å². The first-order valence-corrected chi connectivity index (χ1v) is 8.79. The third kappa shape index (κ3) is 4.68. The van der Waals surface area contributed by atoms with Crippen molar-refractivity contribution >= 4 is 21.7 Å². The molecule has 0 bridgehead atoms. The van der Waals surface area contributed by atoms with Gasteiger partial charge in [-0.3, -0.25) is 4.79 Å². The van der Waals surface area contributed by atoms with E-state index in [1.165, 1.54) is 43.5 Å². The molecule has 1 N–H and O–H groups in total. The Morgan fingerprint density at radius 2 is 2.08 bits per heavy atom. The number of carbonyl (C=O) groups excluding carboxylic acids is 1. The van der Waals surface area contributed by atoms with Crippen molar-refractivity contribution in [1.82, 2.24) is 9.46 Å². The summed E-state index contributed by atoms with van der Waals surface area (Å²) in [5.41, 5.74) is 0. The summed E-state index contributed by atoms with van der Waals surface area (Å²) in [4.78, 5) is 12.2. The predicted molar refractivity (Wildman–Crippen MR) is 91.8 cm³/mol. The highest BCUT2D eigenvalue weighted by Crippen LogP contribution is 2.19.